The highest BCUT2D eigenvalue weighted by molar-refractivity contribution is 5.92. The van der Waals surface area contributed by atoms with Crippen LogP contribution in [0.3, 0.4) is 0 Å². The number of carbonyl (C=O) groups excluding carboxylic acids is 1. The number of alkyl halides is 9. The molecular weight excluding hydrogens is 411 g/mol. The predicted molar refractivity (Wildman–Crippen MR) is 76.1 cm³/mol. The van der Waals surface area contributed by atoms with E-state index in [4.69, 9.17) is 0 Å². The monoisotopic (exact) mass is 420 g/mol. The van der Waals surface area contributed by atoms with Crippen molar-refractivity contribution in [3.63, 3.8) is 0 Å². The van der Waals surface area contributed by atoms with Crippen LogP contribution >= 0.6 is 0 Å². The summed E-state index contributed by atoms with van der Waals surface area (Å²) in [4.78, 5) is 11.8. The fourth-order valence-corrected chi connectivity index (χ4v) is 2.10. The Labute approximate surface area is 150 Å². The second-order valence-electron chi connectivity index (χ2n) is 5.38. The van der Waals surface area contributed by atoms with Gasteiger partial charge in [0, 0.05) is 5.69 Å². The number of hydrogen-bond acceptors (Lipinski definition) is 3. The van der Waals surface area contributed by atoms with Crippen LogP contribution in [-0.4, -0.2) is 23.9 Å². The van der Waals surface area contributed by atoms with Crippen LogP contribution in [0.15, 0.2) is 47.1 Å². The molecule has 0 unspecified atom stereocenters. The van der Waals surface area contributed by atoms with Gasteiger partial charge in [-0.1, -0.05) is 6.07 Å². The van der Waals surface area contributed by atoms with Crippen molar-refractivity contribution in [2.75, 3.05) is 5.32 Å². The van der Waals surface area contributed by atoms with Crippen molar-refractivity contribution in [1.82, 2.24) is 5.32 Å². The lowest BCUT2D eigenvalue weighted by molar-refractivity contribution is -0.294. The quantitative estimate of drug-likeness (QED) is 0.543. The molecule has 0 bridgehead atoms. The van der Waals surface area contributed by atoms with Gasteiger partial charge in [0.1, 0.15) is 0 Å². The van der Waals surface area contributed by atoms with E-state index in [9.17, 15) is 44.3 Å². The number of benzene rings is 1. The van der Waals surface area contributed by atoms with E-state index in [2.05, 4.69) is 4.42 Å². The highest BCUT2D eigenvalue weighted by Crippen LogP contribution is 2.44. The summed E-state index contributed by atoms with van der Waals surface area (Å²) < 4.78 is 123. The van der Waals surface area contributed by atoms with Crippen molar-refractivity contribution in [2.24, 2.45) is 0 Å². The fourth-order valence-electron chi connectivity index (χ4n) is 2.10. The van der Waals surface area contributed by atoms with Gasteiger partial charge in [-0.3, -0.25) is 4.79 Å². The predicted octanol–water partition coefficient (Wildman–Crippen LogP) is 4.96. The number of nitrogens with one attached hydrogen (secondary N) is 2. The van der Waals surface area contributed by atoms with E-state index in [0.717, 1.165) is 29.0 Å². The fraction of sp³-hybridized carbons (Fsp3) is 0.267. The number of anilines is 1. The summed E-state index contributed by atoms with van der Waals surface area (Å²) in [5.41, 5.74) is -7.76. The molecule has 0 spiro atoms. The van der Waals surface area contributed by atoms with Crippen LogP contribution in [0.5, 0.6) is 0 Å². The molecule has 4 nitrogen and oxygen atoms in total. The largest absolute Gasteiger partial charge is 0.459 e. The number of rotatable bonds is 4. The van der Waals surface area contributed by atoms with Crippen LogP contribution in [-0.2, 0) is 6.18 Å². The van der Waals surface area contributed by atoms with E-state index in [1.165, 1.54) is 0 Å². The third-order valence-electron chi connectivity index (χ3n) is 3.42. The number of halogens is 9. The Bertz CT molecular complexity index is 809. The summed E-state index contributed by atoms with van der Waals surface area (Å²) in [6.45, 7) is 0. The molecule has 1 heterocycles. The van der Waals surface area contributed by atoms with Crippen LogP contribution in [0.2, 0.25) is 0 Å². The Morgan fingerprint density at radius 3 is 1.93 bits per heavy atom. The van der Waals surface area contributed by atoms with E-state index in [-0.39, 0.29) is 6.07 Å². The molecule has 0 aliphatic heterocycles. The van der Waals surface area contributed by atoms with E-state index >= 15 is 0 Å². The maximum Gasteiger partial charge on any atom is 0.439 e. The molecule has 0 aliphatic carbocycles. The molecule has 0 saturated carbocycles. The maximum absolute atomic E-state index is 13.4. The van der Waals surface area contributed by atoms with Gasteiger partial charge in [-0.15, -0.1) is 0 Å². The smallest absolute Gasteiger partial charge is 0.439 e. The Morgan fingerprint density at radius 1 is 0.857 bits per heavy atom. The van der Waals surface area contributed by atoms with E-state index in [1.807, 2.05) is 0 Å². The van der Waals surface area contributed by atoms with Gasteiger partial charge in [-0.2, -0.15) is 39.5 Å². The molecule has 2 N–H and O–H groups in total. The Balaban J connectivity index is 2.54. The van der Waals surface area contributed by atoms with Gasteiger partial charge < -0.3 is 15.1 Å². The number of carbonyl (C=O) groups is 1. The minimum Gasteiger partial charge on any atom is -0.459 e. The molecular formula is C15H9F9N2O2. The number of amides is 1. The minimum absolute atomic E-state index is 0.0469. The average Bonchev–Trinajstić information content (AvgIpc) is 3.06. The second-order valence-corrected chi connectivity index (χ2v) is 5.38. The van der Waals surface area contributed by atoms with Gasteiger partial charge in [-0.25, -0.2) is 0 Å². The van der Waals surface area contributed by atoms with Crippen molar-refractivity contribution in [3.05, 3.63) is 54.0 Å². The van der Waals surface area contributed by atoms with E-state index < -0.39 is 47.1 Å². The third kappa shape index (κ3) is 4.17. The highest BCUT2D eigenvalue weighted by Gasteiger charge is 2.72. The lowest BCUT2D eigenvalue weighted by Gasteiger charge is -2.38. The lowest BCUT2D eigenvalue weighted by Crippen LogP contribution is -2.72. The molecule has 0 fully saturated rings. The molecule has 154 valence electrons. The van der Waals surface area contributed by atoms with E-state index in [0.29, 0.717) is 18.2 Å². The molecule has 13 heteroatoms. The standard InChI is InChI=1S/C15H9F9N2O2/c16-12(17,18)8-3-1-4-9(7-8)25-13(14(19,20)21,15(22,23)24)26-11(27)10-5-2-6-28-10/h1-7,25H,(H,26,27). The van der Waals surface area contributed by atoms with Gasteiger partial charge in [0.2, 0.25) is 0 Å². The molecule has 2 aromatic rings. The number of hydrogen-bond donors (Lipinski definition) is 2. The lowest BCUT2D eigenvalue weighted by atomic mass is 10.1. The molecule has 0 atom stereocenters. The molecule has 1 aromatic heterocycles. The first-order valence-electron chi connectivity index (χ1n) is 7.12. The molecule has 28 heavy (non-hydrogen) atoms. The topological polar surface area (TPSA) is 54.3 Å². The number of furan rings is 1. The van der Waals surface area contributed by atoms with Crippen LogP contribution in [0.1, 0.15) is 16.1 Å². The van der Waals surface area contributed by atoms with Crippen molar-refractivity contribution >= 4 is 11.6 Å². The van der Waals surface area contributed by atoms with Gasteiger partial charge in [0.15, 0.2) is 5.76 Å². The van der Waals surface area contributed by atoms with Gasteiger partial charge >= 0.3 is 24.2 Å². The summed E-state index contributed by atoms with van der Waals surface area (Å²) in [6, 6.07) is 3.51. The van der Waals surface area contributed by atoms with Crippen molar-refractivity contribution in [3.8, 4) is 0 Å². The third-order valence-corrected chi connectivity index (χ3v) is 3.42. The summed E-state index contributed by atoms with van der Waals surface area (Å²) in [5.74, 6) is -2.76. The second kappa shape index (κ2) is 6.95. The summed E-state index contributed by atoms with van der Waals surface area (Å²) in [5, 5.41) is 1.70. The van der Waals surface area contributed by atoms with Crippen LogP contribution < -0.4 is 10.6 Å². The highest BCUT2D eigenvalue weighted by atomic mass is 19.4. The van der Waals surface area contributed by atoms with Gasteiger partial charge in [0.05, 0.1) is 11.8 Å². The first kappa shape index (κ1) is 21.4. The van der Waals surface area contributed by atoms with Gasteiger partial charge in [0.25, 0.3) is 5.91 Å². The zero-order valence-corrected chi connectivity index (χ0v) is 13.3. The zero-order chi connectivity index (χ0) is 21.4. The maximum atomic E-state index is 13.4. The molecule has 0 aliphatic rings. The zero-order valence-electron chi connectivity index (χ0n) is 13.3. The molecule has 2 rings (SSSR count). The van der Waals surface area contributed by atoms with Crippen LogP contribution in [0, 0.1) is 0 Å². The Morgan fingerprint density at radius 2 is 1.46 bits per heavy atom. The molecule has 1 amide bonds. The Hall–Kier alpha value is -2.86. The van der Waals surface area contributed by atoms with Crippen molar-refractivity contribution in [1.29, 1.82) is 0 Å². The van der Waals surface area contributed by atoms with Crippen LogP contribution in [0.4, 0.5) is 45.2 Å². The minimum atomic E-state index is -6.19. The first-order chi connectivity index (χ1) is 12.7. The van der Waals surface area contributed by atoms with Crippen molar-refractivity contribution < 1.29 is 48.7 Å². The molecule has 0 radical (unpaired) electrons. The molecule has 1 aromatic carbocycles. The van der Waals surface area contributed by atoms with Crippen molar-refractivity contribution in [2.45, 2.75) is 24.2 Å². The average molecular weight is 420 g/mol. The van der Waals surface area contributed by atoms with E-state index in [1.54, 1.807) is 0 Å². The normalized spacial score (nSPS) is 13.3. The molecule has 0 saturated heterocycles. The Kier molecular flexibility index (Phi) is 5.32. The SMILES string of the molecule is O=C(NC(Nc1cccc(C(F)(F)F)c1)(C(F)(F)F)C(F)(F)F)c1ccco1. The summed E-state index contributed by atoms with van der Waals surface area (Å²) >= 11 is 0. The summed E-state index contributed by atoms with van der Waals surface area (Å²) in [6.07, 6.45) is -16.6. The van der Waals surface area contributed by atoms with Gasteiger partial charge in [-0.05, 0) is 30.3 Å². The summed E-state index contributed by atoms with van der Waals surface area (Å²) in [7, 11) is 0. The van der Waals surface area contributed by atoms with Crippen LogP contribution in [0.25, 0.3) is 0 Å². The first-order valence-corrected chi connectivity index (χ1v) is 7.12.